The normalized spacial score (nSPS) is 19.8. The number of hydrogen-bond acceptors (Lipinski definition) is 4. The molecule has 1 aliphatic heterocycles. The van der Waals surface area contributed by atoms with Gasteiger partial charge in [-0.05, 0) is 80.8 Å². The van der Waals surface area contributed by atoms with E-state index in [2.05, 4.69) is 46.3 Å². The second-order valence-corrected chi connectivity index (χ2v) is 10.3. The standard InChI is InChI=1S/C29H34N2O4/c1-19(20-5-6-20)34-29(32)30-23-10-7-21(8-11-23)27-17-22-9-12-26(35-25-13-15-33-16-14-25)18-28(22)31(27)24-3-2-4-24/h7-12,17-20,24-25H,2-6,13-16H2,1H3,(H,30,32). The lowest BCUT2D eigenvalue weighted by molar-refractivity contribution is 0.0256. The van der Waals surface area contributed by atoms with Crippen LogP contribution in [0.2, 0.25) is 0 Å². The number of ether oxygens (including phenoxy) is 3. The van der Waals surface area contributed by atoms with Crippen LogP contribution in [0, 0.1) is 5.92 Å². The first-order chi connectivity index (χ1) is 17.1. The number of hydrogen-bond donors (Lipinski definition) is 1. The zero-order valence-corrected chi connectivity index (χ0v) is 20.4. The molecule has 1 N–H and O–H groups in total. The number of aromatic nitrogens is 1. The van der Waals surface area contributed by atoms with Gasteiger partial charge in [-0.3, -0.25) is 5.32 Å². The van der Waals surface area contributed by atoms with Crippen molar-refractivity contribution in [3.8, 4) is 17.0 Å². The Kier molecular flexibility index (Phi) is 6.15. The van der Waals surface area contributed by atoms with Crippen LogP contribution in [0.5, 0.6) is 5.75 Å². The molecule has 2 aliphatic carbocycles. The van der Waals surface area contributed by atoms with Gasteiger partial charge in [-0.2, -0.15) is 0 Å². The third-order valence-electron chi connectivity index (χ3n) is 7.73. The van der Waals surface area contributed by atoms with Gasteiger partial charge in [-0.15, -0.1) is 0 Å². The highest BCUT2D eigenvalue weighted by molar-refractivity contribution is 5.89. The molecule has 2 aromatic carbocycles. The summed E-state index contributed by atoms with van der Waals surface area (Å²) in [5, 5.41) is 4.10. The number of amides is 1. The van der Waals surface area contributed by atoms with Crippen LogP contribution in [0.25, 0.3) is 22.2 Å². The Hall–Kier alpha value is -2.99. The van der Waals surface area contributed by atoms with Crippen LogP contribution >= 0.6 is 0 Å². The first-order valence-electron chi connectivity index (χ1n) is 13.1. The molecule has 1 atom stereocenters. The molecule has 6 rings (SSSR count). The SMILES string of the molecule is CC(OC(=O)Nc1ccc(-c2cc3ccc(OC4CCOCC4)cc3n2C2CCC2)cc1)C1CC1. The molecule has 3 fully saturated rings. The third-order valence-corrected chi connectivity index (χ3v) is 7.73. The van der Waals surface area contributed by atoms with E-state index < -0.39 is 0 Å². The largest absolute Gasteiger partial charge is 0.490 e. The Morgan fingerprint density at radius 3 is 2.46 bits per heavy atom. The predicted molar refractivity (Wildman–Crippen MR) is 137 cm³/mol. The number of carbonyl (C=O) groups is 1. The Labute approximate surface area is 206 Å². The Balaban J connectivity index is 1.23. The maximum Gasteiger partial charge on any atom is 0.411 e. The van der Waals surface area contributed by atoms with E-state index in [9.17, 15) is 4.79 Å². The zero-order chi connectivity index (χ0) is 23.8. The number of nitrogens with zero attached hydrogens (tertiary/aromatic N) is 1. The van der Waals surface area contributed by atoms with E-state index >= 15 is 0 Å². The molecule has 6 nitrogen and oxygen atoms in total. The topological polar surface area (TPSA) is 61.7 Å². The molecule has 2 saturated carbocycles. The van der Waals surface area contributed by atoms with E-state index in [1.165, 1.54) is 35.9 Å². The minimum Gasteiger partial charge on any atom is -0.490 e. The molecule has 1 saturated heterocycles. The van der Waals surface area contributed by atoms with Gasteiger partial charge >= 0.3 is 6.09 Å². The molecule has 6 heteroatoms. The Morgan fingerprint density at radius 2 is 1.77 bits per heavy atom. The highest BCUT2D eigenvalue weighted by atomic mass is 16.6. The molecular weight excluding hydrogens is 440 g/mol. The molecule has 184 valence electrons. The monoisotopic (exact) mass is 474 g/mol. The molecule has 35 heavy (non-hydrogen) atoms. The molecule has 0 radical (unpaired) electrons. The highest BCUT2D eigenvalue weighted by Crippen LogP contribution is 2.41. The van der Waals surface area contributed by atoms with Gasteiger partial charge in [0, 0.05) is 41.7 Å². The minimum absolute atomic E-state index is 0.0206. The second kappa shape index (κ2) is 9.57. The van der Waals surface area contributed by atoms with Gasteiger partial charge in [-0.1, -0.05) is 12.1 Å². The number of carbonyl (C=O) groups excluding carboxylic acids is 1. The molecule has 0 spiro atoms. The quantitative estimate of drug-likeness (QED) is 0.403. The maximum absolute atomic E-state index is 12.2. The number of anilines is 1. The van der Waals surface area contributed by atoms with Crippen LogP contribution in [0.1, 0.15) is 57.9 Å². The summed E-state index contributed by atoms with van der Waals surface area (Å²) < 4.78 is 19.8. The number of nitrogens with one attached hydrogen (secondary N) is 1. The van der Waals surface area contributed by atoms with Crippen molar-refractivity contribution in [2.24, 2.45) is 5.92 Å². The van der Waals surface area contributed by atoms with E-state index in [0.29, 0.717) is 12.0 Å². The molecule has 3 aliphatic rings. The first kappa shape index (κ1) is 22.5. The van der Waals surface area contributed by atoms with Gasteiger partial charge in [0.05, 0.1) is 18.7 Å². The van der Waals surface area contributed by atoms with Crippen molar-refractivity contribution >= 4 is 22.7 Å². The van der Waals surface area contributed by atoms with Gasteiger partial charge < -0.3 is 18.8 Å². The van der Waals surface area contributed by atoms with Gasteiger partial charge in [0.2, 0.25) is 0 Å². The number of fused-ring (bicyclic) bond motifs is 1. The summed E-state index contributed by atoms with van der Waals surface area (Å²) in [6.45, 7) is 3.52. The summed E-state index contributed by atoms with van der Waals surface area (Å²) in [6, 6.07) is 17.4. The van der Waals surface area contributed by atoms with Gasteiger partial charge in [0.25, 0.3) is 0 Å². The van der Waals surface area contributed by atoms with Crippen LogP contribution in [-0.4, -0.2) is 36.1 Å². The number of benzene rings is 2. The fourth-order valence-electron chi connectivity index (χ4n) is 5.22. The van der Waals surface area contributed by atoms with Crippen molar-refractivity contribution in [2.75, 3.05) is 18.5 Å². The lowest BCUT2D eigenvalue weighted by atomic mass is 9.92. The van der Waals surface area contributed by atoms with Crippen molar-refractivity contribution in [1.29, 1.82) is 0 Å². The third kappa shape index (κ3) is 4.90. The second-order valence-electron chi connectivity index (χ2n) is 10.3. The van der Waals surface area contributed by atoms with E-state index in [0.717, 1.165) is 55.9 Å². The summed E-state index contributed by atoms with van der Waals surface area (Å²) in [5.74, 6) is 1.47. The van der Waals surface area contributed by atoms with E-state index in [1.54, 1.807) is 0 Å². The number of rotatable bonds is 7. The summed E-state index contributed by atoms with van der Waals surface area (Å²) in [5.41, 5.74) is 4.34. The average molecular weight is 475 g/mol. The summed E-state index contributed by atoms with van der Waals surface area (Å²) in [6.07, 6.45) is 7.70. The van der Waals surface area contributed by atoms with Crippen LogP contribution in [0.3, 0.4) is 0 Å². The summed E-state index contributed by atoms with van der Waals surface area (Å²) in [4.78, 5) is 12.2. The highest BCUT2D eigenvalue weighted by Gasteiger charge is 2.30. The Morgan fingerprint density at radius 1 is 1.00 bits per heavy atom. The van der Waals surface area contributed by atoms with Crippen molar-refractivity contribution in [3.63, 3.8) is 0 Å². The molecule has 1 aromatic heterocycles. The lowest BCUT2D eigenvalue weighted by Crippen LogP contribution is -2.25. The molecule has 1 unspecified atom stereocenters. The van der Waals surface area contributed by atoms with Crippen molar-refractivity contribution in [3.05, 3.63) is 48.5 Å². The summed E-state index contributed by atoms with van der Waals surface area (Å²) >= 11 is 0. The fourth-order valence-corrected chi connectivity index (χ4v) is 5.22. The van der Waals surface area contributed by atoms with E-state index in [4.69, 9.17) is 14.2 Å². The van der Waals surface area contributed by atoms with Gasteiger partial charge in [0.1, 0.15) is 18.0 Å². The predicted octanol–water partition coefficient (Wildman–Crippen LogP) is 6.94. The van der Waals surface area contributed by atoms with Gasteiger partial charge in [0.15, 0.2) is 0 Å². The smallest absolute Gasteiger partial charge is 0.411 e. The fraction of sp³-hybridized carbons (Fsp3) is 0.483. The van der Waals surface area contributed by atoms with Gasteiger partial charge in [-0.25, -0.2) is 4.79 Å². The summed E-state index contributed by atoms with van der Waals surface area (Å²) in [7, 11) is 0. The first-order valence-corrected chi connectivity index (χ1v) is 13.1. The molecule has 2 heterocycles. The lowest BCUT2D eigenvalue weighted by Gasteiger charge is -2.30. The van der Waals surface area contributed by atoms with Crippen LogP contribution in [0.15, 0.2) is 48.5 Å². The maximum atomic E-state index is 12.2. The van der Waals surface area contributed by atoms with Crippen molar-refractivity contribution in [2.45, 2.75) is 70.1 Å². The minimum atomic E-state index is -0.377. The van der Waals surface area contributed by atoms with Crippen LogP contribution in [-0.2, 0) is 9.47 Å². The zero-order valence-electron chi connectivity index (χ0n) is 20.4. The molecule has 0 bridgehead atoms. The van der Waals surface area contributed by atoms with Crippen LogP contribution in [0.4, 0.5) is 10.5 Å². The molecule has 1 amide bonds. The van der Waals surface area contributed by atoms with Crippen molar-refractivity contribution in [1.82, 2.24) is 4.57 Å². The van der Waals surface area contributed by atoms with E-state index in [1.807, 2.05) is 19.1 Å². The molecular formula is C29H34N2O4. The van der Waals surface area contributed by atoms with Crippen molar-refractivity contribution < 1.29 is 19.0 Å². The Bertz CT molecular complexity index is 1190. The van der Waals surface area contributed by atoms with E-state index in [-0.39, 0.29) is 18.3 Å². The van der Waals surface area contributed by atoms with Crippen LogP contribution < -0.4 is 10.1 Å². The average Bonchev–Trinajstić information content (AvgIpc) is 3.62. The molecule has 3 aromatic rings.